The van der Waals surface area contributed by atoms with Crippen molar-refractivity contribution in [2.75, 3.05) is 24.6 Å². The van der Waals surface area contributed by atoms with Crippen LogP contribution in [0.4, 0.5) is 0 Å². The second-order valence-corrected chi connectivity index (χ2v) is 17.9. The summed E-state index contributed by atoms with van der Waals surface area (Å²) < 4.78 is 0. The van der Waals surface area contributed by atoms with Crippen LogP contribution in [-0.2, 0) is 21.7 Å². The van der Waals surface area contributed by atoms with Crippen molar-refractivity contribution in [3.8, 4) is 0 Å². The second kappa shape index (κ2) is 28.9. The van der Waals surface area contributed by atoms with Gasteiger partial charge in [0.15, 0.2) is 0 Å². The van der Waals surface area contributed by atoms with Crippen molar-refractivity contribution in [1.82, 2.24) is 0 Å². The van der Waals surface area contributed by atoms with E-state index in [0.29, 0.717) is 0 Å². The Morgan fingerprint density at radius 1 is 0.426 bits per heavy atom. The monoisotopic (exact) mass is 716 g/mol. The summed E-state index contributed by atoms with van der Waals surface area (Å²) in [6.45, 7) is 9.21. The van der Waals surface area contributed by atoms with Gasteiger partial charge in [-0.1, -0.05) is 133 Å². The van der Waals surface area contributed by atoms with Crippen molar-refractivity contribution < 1.29 is 31.1 Å². The fourth-order valence-corrected chi connectivity index (χ4v) is 11.5. The van der Waals surface area contributed by atoms with E-state index in [2.05, 4.69) is 100 Å². The topological polar surface area (TPSA) is 0 Å². The molecule has 0 saturated carbocycles. The minimum Gasteiger partial charge on any atom is -1.00 e. The van der Waals surface area contributed by atoms with E-state index in [0.717, 1.165) is 0 Å². The van der Waals surface area contributed by atoms with Crippen molar-refractivity contribution in [1.29, 1.82) is 0 Å². The Labute approximate surface area is 305 Å². The zero-order valence-electron chi connectivity index (χ0n) is 30.2. The largest absolute Gasteiger partial charge is 4.00 e. The molecular formula is C42H64F2P2Ti. The van der Waals surface area contributed by atoms with Crippen molar-refractivity contribution >= 4 is 48.0 Å². The number of rotatable bonds is 22. The first-order valence-corrected chi connectivity index (χ1v) is 21.9. The molecule has 0 saturated heterocycles. The number of benzene rings is 2. The molecule has 260 valence electrons. The summed E-state index contributed by atoms with van der Waals surface area (Å²) in [5, 5.41) is 9.06. The van der Waals surface area contributed by atoms with Crippen molar-refractivity contribution in [3.05, 3.63) is 72.8 Å². The summed E-state index contributed by atoms with van der Waals surface area (Å²) in [7, 11) is 0.128. The van der Waals surface area contributed by atoms with Crippen LogP contribution in [0.1, 0.15) is 130 Å². The molecule has 5 heteroatoms. The molecule has 0 amide bonds. The molecule has 0 aliphatic heterocycles. The van der Waals surface area contributed by atoms with Gasteiger partial charge >= 0.3 is 21.7 Å². The van der Waals surface area contributed by atoms with E-state index in [9.17, 15) is 0 Å². The van der Waals surface area contributed by atoms with Gasteiger partial charge in [-0.15, -0.1) is 80.7 Å². The van der Waals surface area contributed by atoms with Crippen LogP contribution in [0.3, 0.4) is 0 Å². The molecule has 4 rings (SSSR count). The standard InChI is InChI=1S/2C21H32P.2FH.Ti/c2*1-3-5-7-11-15-22(16-12-8-6-4-2)21-17-19-13-9-10-14-20(19)18-21;;;/h2*9-10,13-14,17-18H,3-8,11-12,15-16H2,1-2H3;2*1H;/q2*-1;;;+4/p-2. The van der Waals surface area contributed by atoms with Crippen LogP contribution in [-0.4, -0.2) is 24.6 Å². The van der Waals surface area contributed by atoms with Gasteiger partial charge in [0.05, 0.1) is 0 Å². The predicted molar refractivity (Wildman–Crippen MR) is 208 cm³/mol. The first-order chi connectivity index (χ1) is 21.7. The molecule has 0 aliphatic carbocycles. The maximum absolute atomic E-state index is 2.47. The van der Waals surface area contributed by atoms with E-state index in [-0.39, 0.29) is 47.0 Å². The van der Waals surface area contributed by atoms with Gasteiger partial charge < -0.3 is 9.41 Å². The molecule has 0 spiro atoms. The van der Waals surface area contributed by atoms with E-state index in [4.69, 9.17) is 0 Å². The zero-order valence-corrected chi connectivity index (χ0v) is 33.6. The average molecular weight is 717 g/mol. The third-order valence-corrected chi connectivity index (χ3v) is 14.5. The molecule has 0 aromatic heterocycles. The maximum atomic E-state index is 2.47. The molecule has 0 unspecified atom stereocenters. The Morgan fingerprint density at radius 3 is 1.00 bits per heavy atom. The number of hydrogen-bond donors (Lipinski definition) is 0. The quantitative estimate of drug-likeness (QED) is 0.0340. The van der Waals surface area contributed by atoms with Crippen LogP contribution in [0.2, 0.25) is 0 Å². The van der Waals surface area contributed by atoms with Crippen LogP contribution in [0.25, 0.3) is 21.5 Å². The van der Waals surface area contributed by atoms with E-state index in [1.807, 2.05) is 0 Å². The fraction of sp³-hybridized carbons (Fsp3) is 0.571. The molecule has 0 heterocycles. The Kier molecular flexibility index (Phi) is 28.3. The third kappa shape index (κ3) is 17.5. The summed E-state index contributed by atoms with van der Waals surface area (Å²) in [6, 6.07) is 27.6. The smallest absolute Gasteiger partial charge is 1.00 e. The number of unbranched alkanes of at least 4 members (excludes halogenated alkanes) is 12. The average Bonchev–Trinajstić information content (AvgIpc) is 3.68. The Balaban J connectivity index is 0.000000846. The summed E-state index contributed by atoms with van der Waals surface area (Å²) in [6.07, 6.45) is 28.1. The van der Waals surface area contributed by atoms with E-state index < -0.39 is 0 Å². The van der Waals surface area contributed by atoms with E-state index >= 15 is 0 Å². The first-order valence-electron chi connectivity index (χ1n) is 18.5. The Hall–Kier alpha value is -0.906. The van der Waals surface area contributed by atoms with Crippen molar-refractivity contribution in [3.63, 3.8) is 0 Å². The number of fused-ring (bicyclic) bond motifs is 2. The van der Waals surface area contributed by atoms with Gasteiger partial charge in [-0.3, -0.25) is 0 Å². The van der Waals surface area contributed by atoms with Crippen LogP contribution >= 0.6 is 15.8 Å². The van der Waals surface area contributed by atoms with Gasteiger partial charge in [0.25, 0.3) is 0 Å². The molecule has 0 radical (unpaired) electrons. The molecule has 0 fully saturated rings. The number of halogens is 2. The minimum absolute atomic E-state index is 0. The fourth-order valence-electron chi connectivity index (χ4n) is 6.29. The first kappa shape index (κ1) is 46.1. The SMILES string of the molecule is CCCCCCP(CCCCCC)c1cc2ccccc2[cH-]1.CCCCCCP(CCCCCC)c1cc2ccccc2[cH-]1.[F-].[F-].[Ti+4]. The summed E-state index contributed by atoms with van der Waals surface area (Å²) in [5.74, 6) is 0. The molecular weight excluding hydrogens is 652 g/mol. The molecule has 0 atom stereocenters. The van der Waals surface area contributed by atoms with Crippen molar-refractivity contribution in [2.45, 2.75) is 130 Å². The van der Waals surface area contributed by atoms with Crippen LogP contribution < -0.4 is 20.0 Å². The van der Waals surface area contributed by atoms with Gasteiger partial charge in [0.1, 0.15) is 0 Å². The molecule has 47 heavy (non-hydrogen) atoms. The third-order valence-electron chi connectivity index (χ3n) is 9.06. The minimum atomic E-state index is 0. The molecule has 0 N–H and O–H groups in total. The van der Waals surface area contributed by atoms with Crippen LogP contribution in [0.15, 0.2) is 72.8 Å². The van der Waals surface area contributed by atoms with Crippen molar-refractivity contribution in [2.24, 2.45) is 0 Å². The van der Waals surface area contributed by atoms with Gasteiger partial charge in [-0.25, -0.2) is 0 Å². The van der Waals surface area contributed by atoms with E-state index in [1.165, 1.54) is 149 Å². The van der Waals surface area contributed by atoms with Gasteiger partial charge in [0.2, 0.25) is 0 Å². The normalized spacial score (nSPS) is 10.9. The summed E-state index contributed by atoms with van der Waals surface area (Å²) >= 11 is 0. The summed E-state index contributed by atoms with van der Waals surface area (Å²) in [5.41, 5.74) is 0. The Bertz CT molecular complexity index is 1080. The summed E-state index contributed by atoms with van der Waals surface area (Å²) in [4.78, 5) is 0. The second-order valence-electron chi connectivity index (χ2n) is 12.9. The molecule has 0 nitrogen and oxygen atoms in total. The number of hydrogen-bond acceptors (Lipinski definition) is 0. The molecule has 4 aromatic carbocycles. The zero-order chi connectivity index (χ0) is 31.2. The van der Waals surface area contributed by atoms with Gasteiger partial charge in [-0.2, -0.15) is 12.1 Å². The van der Waals surface area contributed by atoms with Crippen LogP contribution in [0.5, 0.6) is 0 Å². The molecule has 0 aliphatic rings. The van der Waals surface area contributed by atoms with Gasteiger partial charge in [-0.05, 0) is 50.3 Å². The maximum Gasteiger partial charge on any atom is 4.00 e. The Morgan fingerprint density at radius 2 is 0.723 bits per heavy atom. The van der Waals surface area contributed by atoms with Gasteiger partial charge in [0, 0.05) is 0 Å². The van der Waals surface area contributed by atoms with E-state index in [1.54, 1.807) is 10.6 Å². The predicted octanol–water partition coefficient (Wildman–Crippen LogP) is 7.66. The molecule has 0 bridgehead atoms. The molecule has 4 aromatic rings. The van der Waals surface area contributed by atoms with Crippen LogP contribution in [0, 0.1) is 0 Å².